The molecular formula is C15H12ClFN2O. The number of halogens is 2. The Kier molecular flexibility index (Phi) is 3.32. The van der Waals surface area contributed by atoms with Gasteiger partial charge in [-0.1, -0.05) is 29.8 Å². The van der Waals surface area contributed by atoms with E-state index in [0.717, 1.165) is 11.3 Å². The van der Waals surface area contributed by atoms with Crippen molar-refractivity contribution in [2.45, 2.75) is 5.92 Å². The second-order valence-corrected chi connectivity index (χ2v) is 5.10. The molecule has 0 radical (unpaired) electrons. The van der Waals surface area contributed by atoms with E-state index in [1.165, 1.54) is 18.2 Å². The summed E-state index contributed by atoms with van der Waals surface area (Å²) in [6.07, 6.45) is 0. The minimum Gasteiger partial charge on any atom is -0.384 e. The third-order valence-electron chi connectivity index (χ3n) is 3.28. The van der Waals surface area contributed by atoms with Gasteiger partial charge in [-0.3, -0.25) is 4.79 Å². The van der Waals surface area contributed by atoms with Gasteiger partial charge in [-0.05, 0) is 29.8 Å². The highest BCUT2D eigenvalue weighted by Crippen LogP contribution is 2.32. The molecule has 0 spiro atoms. The molecule has 2 aromatic carbocycles. The Morgan fingerprint density at radius 1 is 1.30 bits per heavy atom. The van der Waals surface area contributed by atoms with Crippen molar-refractivity contribution >= 4 is 28.9 Å². The Labute approximate surface area is 120 Å². The van der Waals surface area contributed by atoms with Crippen LogP contribution in [-0.4, -0.2) is 12.5 Å². The fraction of sp³-hybridized carbons (Fsp3) is 0.133. The molecule has 2 aromatic rings. The molecule has 0 aromatic heterocycles. The maximum absolute atomic E-state index is 13.2. The number of anilines is 2. The summed E-state index contributed by atoms with van der Waals surface area (Å²) >= 11 is 5.77. The summed E-state index contributed by atoms with van der Waals surface area (Å²) in [4.78, 5) is 12.3. The molecule has 1 atom stereocenters. The predicted octanol–water partition coefficient (Wildman–Crippen LogP) is 3.63. The van der Waals surface area contributed by atoms with Gasteiger partial charge < -0.3 is 10.6 Å². The maximum Gasteiger partial charge on any atom is 0.233 e. The van der Waals surface area contributed by atoms with Crippen molar-refractivity contribution in [3.63, 3.8) is 0 Å². The van der Waals surface area contributed by atoms with Crippen LogP contribution in [0.15, 0.2) is 42.5 Å². The topological polar surface area (TPSA) is 41.1 Å². The number of rotatable bonds is 2. The smallest absolute Gasteiger partial charge is 0.233 e. The Balaban J connectivity index is 1.81. The molecule has 1 aliphatic heterocycles. The van der Waals surface area contributed by atoms with Crippen LogP contribution in [0, 0.1) is 5.82 Å². The van der Waals surface area contributed by atoms with E-state index in [0.29, 0.717) is 12.2 Å². The molecule has 0 fully saturated rings. The molecule has 0 bridgehead atoms. The average molecular weight is 291 g/mol. The van der Waals surface area contributed by atoms with E-state index in [1.807, 2.05) is 24.3 Å². The molecule has 1 aliphatic rings. The summed E-state index contributed by atoms with van der Waals surface area (Å²) in [5.74, 6) is -0.935. The van der Waals surface area contributed by atoms with E-state index in [-0.39, 0.29) is 16.8 Å². The van der Waals surface area contributed by atoms with E-state index in [1.54, 1.807) is 0 Å². The zero-order chi connectivity index (χ0) is 14.1. The third-order valence-corrected chi connectivity index (χ3v) is 3.50. The highest BCUT2D eigenvalue weighted by atomic mass is 35.5. The number of amides is 1. The zero-order valence-corrected chi connectivity index (χ0v) is 11.2. The van der Waals surface area contributed by atoms with Crippen molar-refractivity contribution in [3.05, 3.63) is 58.9 Å². The van der Waals surface area contributed by atoms with Gasteiger partial charge in [-0.25, -0.2) is 4.39 Å². The summed E-state index contributed by atoms with van der Waals surface area (Å²) in [6, 6.07) is 11.6. The molecule has 1 heterocycles. The van der Waals surface area contributed by atoms with E-state index < -0.39 is 5.82 Å². The summed E-state index contributed by atoms with van der Waals surface area (Å²) < 4.78 is 13.2. The van der Waals surface area contributed by atoms with Crippen molar-refractivity contribution in [2.24, 2.45) is 0 Å². The van der Waals surface area contributed by atoms with Crippen LogP contribution in [0.2, 0.25) is 5.02 Å². The van der Waals surface area contributed by atoms with Crippen molar-refractivity contribution < 1.29 is 9.18 Å². The van der Waals surface area contributed by atoms with Crippen molar-refractivity contribution in [3.8, 4) is 0 Å². The average Bonchev–Trinajstić information content (AvgIpc) is 2.81. The van der Waals surface area contributed by atoms with E-state index in [2.05, 4.69) is 10.6 Å². The second kappa shape index (κ2) is 5.13. The van der Waals surface area contributed by atoms with Crippen LogP contribution in [0.5, 0.6) is 0 Å². The monoisotopic (exact) mass is 290 g/mol. The highest BCUT2D eigenvalue weighted by Gasteiger charge is 2.28. The molecule has 102 valence electrons. The Morgan fingerprint density at radius 3 is 2.90 bits per heavy atom. The maximum atomic E-state index is 13.2. The molecule has 20 heavy (non-hydrogen) atoms. The van der Waals surface area contributed by atoms with Crippen LogP contribution < -0.4 is 10.6 Å². The summed E-state index contributed by atoms with van der Waals surface area (Å²) in [5, 5.41) is 6.14. The lowest BCUT2D eigenvalue weighted by atomic mass is 10.0. The van der Waals surface area contributed by atoms with Gasteiger partial charge in [0.1, 0.15) is 5.82 Å². The molecule has 2 N–H and O–H groups in total. The van der Waals surface area contributed by atoms with Gasteiger partial charge in [0.15, 0.2) is 0 Å². The van der Waals surface area contributed by atoms with E-state index >= 15 is 0 Å². The first kappa shape index (κ1) is 12.9. The molecule has 0 saturated heterocycles. The summed E-state index contributed by atoms with van der Waals surface area (Å²) in [6.45, 7) is 0.536. The molecule has 1 unspecified atom stereocenters. The van der Waals surface area contributed by atoms with Crippen molar-refractivity contribution in [2.75, 3.05) is 17.2 Å². The fourth-order valence-electron chi connectivity index (χ4n) is 2.37. The van der Waals surface area contributed by atoms with Crippen LogP contribution in [0.3, 0.4) is 0 Å². The molecule has 3 nitrogen and oxygen atoms in total. The molecule has 0 saturated carbocycles. The predicted molar refractivity (Wildman–Crippen MR) is 77.7 cm³/mol. The van der Waals surface area contributed by atoms with Crippen LogP contribution in [0.1, 0.15) is 11.5 Å². The summed E-state index contributed by atoms with van der Waals surface area (Å²) in [5.41, 5.74) is 2.28. The van der Waals surface area contributed by atoms with Crippen LogP contribution >= 0.6 is 11.6 Å². The van der Waals surface area contributed by atoms with Crippen molar-refractivity contribution in [1.29, 1.82) is 0 Å². The fourth-order valence-corrected chi connectivity index (χ4v) is 2.59. The van der Waals surface area contributed by atoms with Gasteiger partial charge in [0.2, 0.25) is 5.91 Å². The Hall–Kier alpha value is -2.07. The first-order chi connectivity index (χ1) is 9.63. The Morgan fingerprint density at radius 2 is 2.10 bits per heavy atom. The van der Waals surface area contributed by atoms with Gasteiger partial charge in [0.05, 0.1) is 5.92 Å². The van der Waals surface area contributed by atoms with E-state index in [4.69, 9.17) is 11.6 Å². The van der Waals surface area contributed by atoms with Gasteiger partial charge in [0, 0.05) is 22.9 Å². The second-order valence-electron chi connectivity index (χ2n) is 4.67. The van der Waals surface area contributed by atoms with Gasteiger partial charge in [-0.2, -0.15) is 0 Å². The molecule has 0 aliphatic carbocycles. The molecule has 5 heteroatoms. The number of carbonyl (C=O) groups excluding carboxylic acids is 1. The minimum absolute atomic E-state index is 0.177. The normalized spacial score (nSPS) is 16.4. The zero-order valence-electron chi connectivity index (χ0n) is 10.5. The first-order valence-corrected chi connectivity index (χ1v) is 6.61. The highest BCUT2D eigenvalue weighted by molar-refractivity contribution is 6.30. The lowest BCUT2D eigenvalue weighted by Gasteiger charge is -2.11. The van der Waals surface area contributed by atoms with Gasteiger partial charge in [-0.15, -0.1) is 0 Å². The lowest BCUT2D eigenvalue weighted by Crippen LogP contribution is -2.22. The molecule has 1 amide bonds. The molecule has 3 rings (SSSR count). The van der Waals surface area contributed by atoms with Crippen LogP contribution in [0.25, 0.3) is 0 Å². The number of hydrogen-bond donors (Lipinski definition) is 2. The third kappa shape index (κ3) is 2.47. The number of nitrogens with one attached hydrogen (secondary N) is 2. The number of fused-ring (bicyclic) bond motifs is 1. The molecular weight excluding hydrogens is 279 g/mol. The quantitative estimate of drug-likeness (QED) is 0.887. The van der Waals surface area contributed by atoms with Gasteiger partial charge >= 0.3 is 0 Å². The number of carbonyl (C=O) groups is 1. The van der Waals surface area contributed by atoms with Gasteiger partial charge in [0.25, 0.3) is 0 Å². The number of benzene rings is 2. The largest absolute Gasteiger partial charge is 0.384 e. The van der Waals surface area contributed by atoms with Crippen LogP contribution in [-0.2, 0) is 4.79 Å². The Bertz CT molecular complexity index is 654. The van der Waals surface area contributed by atoms with Crippen LogP contribution in [0.4, 0.5) is 15.8 Å². The SMILES string of the molecule is O=C(Nc1cc(F)cc(Cl)c1)C1CNc2ccccc21. The van der Waals surface area contributed by atoms with Crippen molar-refractivity contribution in [1.82, 2.24) is 0 Å². The van der Waals surface area contributed by atoms with E-state index in [9.17, 15) is 9.18 Å². The standard InChI is InChI=1S/C15H12ClFN2O/c16-9-5-10(17)7-11(6-9)19-15(20)13-8-18-14-4-2-1-3-12(13)14/h1-7,13,18H,8H2,(H,19,20). The first-order valence-electron chi connectivity index (χ1n) is 6.23. The lowest BCUT2D eigenvalue weighted by molar-refractivity contribution is -0.117. The minimum atomic E-state index is -0.474. The number of para-hydroxylation sites is 1. The number of hydrogen-bond acceptors (Lipinski definition) is 2. The summed E-state index contributed by atoms with van der Waals surface area (Å²) in [7, 11) is 0.